The van der Waals surface area contributed by atoms with Gasteiger partial charge in [-0.25, -0.2) is 4.79 Å². The summed E-state index contributed by atoms with van der Waals surface area (Å²) in [5, 5.41) is 11.3. The minimum Gasteiger partial charge on any atom is -0.444 e. The van der Waals surface area contributed by atoms with Crippen molar-refractivity contribution in [2.24, 2.45) is 11.3 Å². The van der Waals surface area contributed by atoms with E-state index in [1.165, 1.54) is 0 Å². The molecule has 0 radical (unpaired) electrons. The molecule has 0 bridgehead atoms. The standard InChI is InChI=1S/C38H51Cl2N3O4/c1-25(2)34-28(20-32(27-13-11-15-30(40)19-27)43(34)35(44)47-36(3,4)5)21-38(8,9)46-24-45-23-42-31(26-12-10-14-29(39)18-26)16-17-33(42)37(6,7)22-41/h10-15,18-19,28,31-34H,1,16-17,20-21,23-24H2,2-9H3/t28?,31-,32-,33+,34-/m0/s1. The zero-order valence-corrected chi connectivity index (χ0v) is 30.7. The van der Waals surface area contributed by atoms with Gasteiger partial charge in [-0.05, 0) is 122 Å². The molecule has 0 N–H and O–H groups in total. The number of benzene rings is 2. The van der Waals surface area contributed by atoms with Gasteiger partial charge in [-0.1, -0.05) is 59.6 Å². The molecule has 0 aromatic heterocycles. The lowest BCUT2D eigenvalue weighted by Crippen LogP contribution is -2.44. The summed E-state index contributed by atoms with van der Waals surface area (Å²) in [5.74, 6) is 0.0607. The molecule has 1 unspecified atom stereocenters. The molecule has 47 heavy (non-hydrogen) atoms. The van der Waals surface area contributed by atoms with E-state index in [-0.39, 0.29) is 43.0 Å². The maximum atomic E-state index is 13.7. The number of nitriles is 1. The van der Waals surface area contributed by atoms with Gasteiger partial charge in [0.15, 0.2) is 0 Å². The maximum Gasteiger partial charge on any atom is 0.411 e. The summed E-state index contributed by atoms with van der Waals surface area (Å²) in [6, 6.07) is 17.8. The van der Waals surface area contributed by atoms with Crippen molar-refractivity contribution in [2.75, 3.05) is 13.5 Å². The van der Waals surface area contributed by atoms with E-state index in [4.69, 9.17) is 37.4 Å². The third-order valence-electron chi connectivity index (χ3n) is 9.35. The molecule has 9 heteroatoms. The van der Waals surface area contributed by atoms with Gasteiger partial charge < -0.3 is 14.2 Å². The summed E-state index contributed by atoms with van der Waals surface area (Å²) >= 11 is 12.7. The first-order chi connectivity index (χ1) is 21.9. The largest absolute Gasteiger partial charge is 0.444 e. The predicted octanol–water partition coefficient (Wildman–Crippen LogP) is 10.1. The predicted molar refractivity (Wildman–Crippen MR) is 188 cm³/mol. The quantitative estimate of drug-likeness (QED) is 0.133. The summed E-state index contributed by atoms with van der Waals surface area (Å²) < 4.78 is 18.5. The van der Waals surface area contributed by atoms with Crippen molar-refractivity contribution in [3.8, 4) is 6.07 Å². The molecule has 2 aliphatic rings. The Bertz CT molecular complexity index is 1460. The van der Waals surface area contributed by atoms with Gasteiger partial charge in [0.25, 0.3) is 0 Å². The average molecular weight is 685 g/mol. The highest BCUT2D eigenvalue weighted by atomic mass is 35.5. The highest BCUT2D eigenvalue weighted by Crippen LogP contribution is 2.47. The second kappa shape index (κ2) is 14.9. The Morgan fingerprint density at radius 1 is 0.979 bits per heavy atom. The molecule has 2 saturated heterocycles. The molecule has 2 aromatic carbocycles. The first-order valence-electron chi connectivity index (χ1n) is 16.5. The first kappa shape index (κ1) is 37.2. The molecule has 2 fully saturated rings. The van der Waals surface area contributed by atoms with Crippen LogP contribution < -0.4 is 0 Å². The Balaban J connectivity index is 1.47. The summed E-state index contributed by atoms with van der Waals surface area (Å²) in [7, 11) is 0. The Kier molecular flexibility index (Phi) is 11.8. The molecular weight excluding hydrogens is 633 g/mol. The average Bonchev–Trinajstić information content (AvgIpc) is 3.57. The lowest BCUT2D eigenvalue weighted by atomic mass is 9.84. The molecule has 1 amide bonds. The molecule has 7 nitrogen and oxygen atoms in total. The molecule has 0 spiro atoms. The number of halogens is 2. The Morgan fingerprint density at radius 3 is 2.11 bits per heavy atom. The molecule has 0 saturated carbocycles. The van der Waals surface area contributed by atoms with Gasteiger partial charge in [-0.15, -0.1) is 0 Å². The fraction of sp³-hybridized carbons (Fsp3) is 0.579. The van der Waals surface area contributed by atoms with Crippen molar-refractivity contribution >= 4 is 29.3 Å². The summed E-state index contributed by atoms with van der Waals surface area (Å²) in [4.78, 5) is 17.8. The first-order valence-corrected chi connectivity index (χ1v) is 17.2. The smallest absolute Gasteiger partial charge is 0.411 e. The van der Waals surface area contributed by atoms with Gasteiger partial charge >= 0.3 is 6.09 Å². The fourth-order valence-electron chi connectivity index (χ4n) is 7.35. The van der Waals surface area contributed by atoms with Gasteiger partial charge in [0.2, 0.25) is 0 Å². The fourth-order valence-corrected chi connectivity index (χ4v) is 7.75. The van der Waals surface area contributed by atoms with E-state index in [9.17, 15) is 10.1 Å². The van der Waals surface area contributed by atoms with Crippen LogP contribution in [0.4, 0.5) is 4.79 Å². The highest BCUT2D eigenvalue weighted by molar-refractivity contribution is 6.30. The van der Waals surface area contributed by atoms with Crippen LogP contribution in [0.25, 0.3) is 0 Å². The van der Waals surface area contributed by atoms with Crippen LogP contribution in [0.3, 0.4) is 0 Å². The molecule has 5 atom stereocenters. The summed E-state index contributed by atoms with van der Waals surface area (Å²) in [6.07, 6.45) is 2.82. The zero-order valence-electron chi connectivity index (χ0n) is 29.2. The minimum absolute atomic E-state index is 0.0292. The van der Waals surface area contributed by atoms with E-state index in [1.807, 2.05) is 88.9 Å². The second-order valence-corrected chi connectivity index (χ2v) is 16.2. The SMILES string of the molecule is C=C(C)[C@H]1C(CC(C)(C)OCOCN2[C@H](c3cccc(Cl)c3)CC[C@@H]2C(C)(C)C#N)C[C@@H](c2cccc(Cl)c2)N1C(=O)OC(C)(C)C. The lowest BCUT2D eigenvalue weighted by molar-refractivity contribution is -0.160. The Morgan fingerprint density at radius 2 is 1.57 bits per heavy atom. The van der Waals surface area contributed by atoms with Crippen molar-refractivity contribution in [3.63, 3.8) is 0 Å². The Labute approximate surface area is 291 Å². The number of hydrogen-bond acceptors (Lipinski definition) is 6. The van der Waals surface area contributed by atoms with E-state index in [2.05, 4.69) is 37.5 Å². The highest BCUT2D eigenvalue weighted by Gasteiger charge is 2.48. The van der Waals surface area contributed by atoms with Crippen molar-refractivity contribution in [1.29, 1.82) is 5.26 Å². The second-order valence-electron chi connectivity index (χ2n) is 15.3. The van der Waals surface area contributed by atoms with Gasteiger partial charge in [0.05, 0.1) is 29.2 Å². The lowest BCUT2D eigenvalue weighted by Gasteiger charge is -2.37. The molecule has 2 heterocycles. The van der Waals surface area contributed by atoms with Gasteiger partial charge in [-0.2, -0.15) is 5.26 Å². The normalized spacial score (nSPS) is 23.9. The molecule has 2 aromatic rings. The molecular formula is C38H51Cl2N3O4. The van der Waals surface area contributed by atoms with Crippen molar-refractivity contribution in [2.45, 2.75) is 116 Å². The Hall–Kier alpha value is -2.60. The van der Waals surface area contributed by atoms with Crippen LogP contribution in [-0.2, 0) is 14.2 Å². The number of amides is 1. The van der Waals surface area contributed by atoms with Crippen LogP contribution in [0, 0.1) is 22.7 Å². The number of hydrogen-bond donors (Lipinski definition) is 0. The summed E-state index contributed by atoms with van der Waals surface area (Å²) in [6.45, 7) is 20.4. The van der Waals surface area contributed by atoms with Crippen molar-refractivity contribution in [3.05, 3.63) is 81.9 Å². The van der Waals surface area contributed by atoms with E-state index < -0.39 is 16.6 Å². The topological polar surface area (TPSA) is 75.0 Å². The maximum absolute atomic E-state index is 13.7. The van der Waals surface area contributed by atoms with Crippen LogP contribution in [0.2, 0.25) is 10.0 Å². The van der Waals surface area contributed by atoms with Crippen LogP contribution >= 0.6 is 23.2 Å². The molecule has 0 aliphatic carbocycles. The minimum atomic E-state index is -0.643. The van der Waals surface area contributed by atoms with Crippen LogP contribution in [0.15, 0.2) is 60.7 Å². The number of rotatable bonds is 11. The number of nitrogens with zero attached hydrogens (tertiary/aromatic N) is 3. The molecule has 4 rings (SSSR count). The third kappa shape index (κ3) is 9.31. The number of carbonyl (C=O) groups is 1. The van der Waals surface area contributed by atoms with Gasteiger partial charge in [0.1, 0.15) is 19.1 Å². The summed E-state index contributed by atoms with van der Waals surface area (Å²) in [5.41, 5.74) is 1.23. The van der Waals surface area contributed by atoms with Crippen LogP contribution in [-0.4, -0.2) is 52.7 Å². The van der Waals surface area contributed by atoms with Gasteiger partial charge in [0, 0.05) is 22.1 Å². The number of carbonyl (C=O) groups excluding carboxylic acids is 1. The van der Waals surface area contributed by atoms with E-state index in [0.717, 1.165) is 29.5 Å². The molecule has 2 aliphatic heterocycles. The molecule has 256 valence electrons. The zero-order chi connectivity index (χ0) is 34.7. The van der Waals surface area contributed by atoms with E-state index in [1.54, 1.807) is 0 Å². The van der Waals surface area contributed by atoms with Crippen LogP contribution in [0.5, 0.6) is 0 Å². The number of likely N-dealkylation sites (tertiary alicyclic amines) is 2. The van der Waals surface area contributed by atoms with Crippen molar-refractivity contribution in [1.82, 2.24) is 9.80 Å². The number of ether oxygens (including phenoxy) is 3. The van der Waals surface area contributed by atoms with Gasteiger partial charge in [-0.3, -0.25) is 9.80 Å². The third-order valence-corrected chi connectivity index (χ3v) is 9.82. The van der Waals surface area contributed by atoms with E-state index in [0.29, 0.717) is 29.6 Å². The van der Waals surface area contributed by atoms with Crippen LogP contribution in [0.1, 0.15) is 104 Å². The van der Waals surface area contributed by atoms with E-state index >= 15 is 0 Å². The monoisotopic (exact) mass is 683 g/mol. The van der Waals surface area contributed by atoms with Crippen molar-refractivity contribution < 1.29 is 19.0 Å².